The van der Waals surface area contributed by atoms with E-state index in [4.69, 9.17) is 0 Å². The lowest BCUT2D eigenvalue weighted by molar-refractivity contribution is 0.296. The van der Waals surface area contributed by atoms with Crippen LogP contribution in [-0.2, 0) is 0 Å². The SMILES string of the molecule is CC(C)=CCN1CCCNC(c2ccccc2)C1. The Hall–Kier alpha value is -1.12. The molecular weight excluding hydrogens is 220 g/mol. The van der Waals surface area contributed by atoms with Crippen molar-refractivity contribution >= 4 is 0 Å². The largest absolute Gasteiger partial charge is 0.309 e. The minimum atomic E-state index is 0.472. The first kappa shape index (κ1) is 13.3. The van der Waals surface area contributed by atoms with Gasteiger partial charge in [-0.05, 0) is 38.9 Å². The summed E-state index contributed by atoms with van der Waals surface area (Å²) in [6, 6.07) is 11.3. The maximum atomic E-state index is 3.65. The third-order valence-corrected chi connectivity index (χ3v) is 3.44. The maximum Gasteiger partial charge on any atom is 0.0449 e. The summed E-state index contributed by atoms with van der Waals surface area (Å²) in [5.74, 6) is 0. The van der Waals surface area contributed by atoms with Gasteiger partial charge in [0, 0.05) is 19.1 Å². The molecule has 1 aliphatic heterocycles. The number of hydrogen-bond donors (Lipinski definition) is 1. The highest BCUT2D eigenvalue weighted by molar-refractivity contribution is 5.19. The van der Waals surface area contributed by atoms with E-state index in [1.807, 2.05) is 0 Å². The number of benzene rings is 1. The van der Waals surface area contributed by atoms with Gasteiger partial charge in [-0.3, -0.25) is 4.90 Å². The van der Waals surface area contributed by atoms with E-state index < -0.39 is 0 Å². The smallest absolute Gasteiger partial charge is 0.0449 e. The molecule has 1 unspecified atom stereocenters. The highest BCUT2D eigenvalue weighted by atomic mass is 15.2. The first-order chi connectivity index (χ1) is 8.75. The van der Waals surface area contributed by atoms with E-state index in [9.17, 15) is 0 Å². The second-order valence-corrected chi connectivity index (χ2v) is 5.31. The van der Waals surface area contributed by atoms with Crippen molar-refractivity contribution < 1.29 is 0 Å². The van der Waals surface area contributed by atoms with Crippen LogP contribution in [0.4, 0.5) is 0 Å². The van der Waals surface area contributed by atoms with Gasteiger partial charge in [0.05, 0.1) is 0 Å². The fraction of sp³-hybridized carbons (Fsp3) is 0.500. The Morgan fingerprint density at radius 2 is 2.11 bits per heavy atom. The van der Waals surface area contributed by atoms with Gasteiger partial charge >= 0.3 is 0 Å². The van der Waals surface area contributed by atoms with Gasteiger partial charge in [0.2, 0.25) is 0 Å². The average Bonchev–Trinajstić information content (AvgIpc) is 2.63. The highest BCUT2D eigenvalue weighted by Gasteiger charge is 2.17. The second kappa shape index (κ2) is 6.72. The maximum absolute atomic E-state index is 3.65. The number of hydrogen-bond acceptors (Lipinski definition) is 2. The molecule has 1 N–H and O–H groups in total. The van der Waals surface area contributed by atoms with E-state index in [0.717, 1.165) is 19.6 Å². The third kappa shape index (κ3) is 3.97. The fourth-order valence-electron chi connectivity index (χ4n) is 2.38. The molecule has 0 aromatic heterocycles. The van der Waals surface area contributed by atoms with Crippen LogP contribution in [0, 0.1) is 0 Å². The average molecular weight is 244 g/mol. The van der Waals surface area contributed by atoms with E-state index in [0.29, 0.717) is 6.04 Å². The molecule has 1 fully saturated rings. The van der Waals surface area contributed by atoms with Gasteiger partial charge in [-0.15, -0.1) is 0 Å². The molecule has 0 bridgehead atoms. The van der Waals surface area contributed by atoms with Crippen molar-refractivity contribution in [3.8, 4) is 0 Å². The van der Waals surface area contributed by atoms with Crippen LogP contribution in [0.15, 0.2) is 42.0 Å². The minimum Gasteiger partial charge on any atom is -0.309 e. The summed E-state index contributed by atoms with van der Waals surface area (Å²) in [5.41, 5.74) is 2.81. The molecule has 18 heavy (non-hydrogen) atoms. The van der Waals surface area contributed by atoms with Gasteiger partial charge in [-0.1, -0.05) is 42.0 Å². The summed E-state index contributed by atoms with van der Waals surface area (Å²) in [6.45, 7) is 8.83. The van der Waals surface area contributed by atoms with Gasteiger partial charge < -0.3 is 5.32 Å². The normalized spacial score (nSPS) is 21.3. The van der Waals surface area contributed by atoms with E-state index in [-0.39, 0.29) is 0 Å². The van der Waals surface area contributed by atoms with Crippen LogP contribution in [0.1, 0.15) is 31.9 Å². The molecule has 1 heterocycles. The van der Waals surface area contributed by atoms with Crippen LogP contribution < -0.4 is 5.32 Å². The molecule has 2 nitrogen and oxygen atoms in total. The van der Waals surface area contributed by atoms with Crippen molar-refractivity contribution in [1.29, 1.82) is 0 Å². The molecule has 0 amide bonds. The van der Waals surface area contributed by atoms with Crippen LogP contribution in [0.5, 0.6) is 0 Å². The van der Waals surface area contributed by atoms with Crippen molar-refractivity contribution in [3.63, 3.8) is 0 Å². The van der Waals surface area contributed by atoms with Crippen molar-refractivity contribution in [2.45, 2.75) is 26.3 Å². The summed E-state index contributed by atoms with van der Waals surface area (Å²) < 4.78 is 0. The third-order valence-electron chi connectivity index (χ3n) is 3.44. The molecule has 2 rings (SSSR count). The number of rotatable bonds is 3. The fourth-order valence-corrected chi connectivity index (χ4v) is 2.38. The van der Waals surface area contributed by atoms with Crippen LogP contribution in [0.2, 0.25) is 0 Å². The Kier molecular flexibility index (Phi) is 4.97. The Labute approximate surface area is 111 Å². The van der Waals surface area contributed by atoms with Crippen molar-refractivity contribution in [1.82, 2.24) is 10.2 Å². The quantitative estimate of drug-likeness (QED) is 0.822. The summed E-state index contributed by atoms with van der Waals surface area (Å²) in [6.07, 6.45) is 3.56. The zero-order valence-electron chi connectivity index (χ0n) is 11.5. The molecule has 0 radical (unpaired) electrons. The topological polar surface area (TPSA) is 15.3 Å². The first-order valence-electron chi connectivity index (χ1n) is 6.90. The molecule has 1 aromatic rings. The second-order valence-electron chi connectivity index (χ2n) is 5.31. The Morgan fingerprint density at radius 1 is 1.33 bits per heavy atom. The van der Waals surface area contributed by atoms with Crippen molar-refractivity contribution in [3.05, 3.63) is 47.5 Å². The Bertz CT molecular complexity index is 379. The van der Waals surface area contributed by atoms with E-state index >= 15 is 0 Å². The van der Waals surface area contributed by atoms with Crippen LogP contribution in [-0.4, -0.2) is 31.1 Å². The van der Waals surface area contributed by atoms with E-state index in [1.54, 1.807) is 0 Å². The molecule has 1 saturated heterocycles. The predicted molar refractivity (Wildman–Crippen MR) is 77.7 cm³/mol. The van der Waals surface area contributed by atoms with Crippen LogP contribution in [0.3, 0.4) is 0 Å². The summed E-state index contributed by atoms with van der Waals surface area (Å²) >= 11 is 0. The lowest BCUT2D eigenvalue weighted by atomic mass is 10.1. The van der Waals surface area contributed by atoms with E-state index in [2.05, 4.69) is 60.5 Å². The molecule has 1 aliphatic rings. The van der Waals surface area contributed by atoms with Crippen LogP contribution in [0.25, 0.3) is 0 Å². The molecular formula is C16H24N2. The molecule has 2 heteroatoms. The van der Waals surface area contributed by atoms with Crippen molar-refractivity contribution in [2.75, 3.05) is 26.2 Å². The lowest BCUT2D eigenvalue weighted by Crippen LogP contribution is -2.31. The Balaban J connectivity index is 2.01. The van der Waals surface area contributed by atoms with Gasteiger partial charge in [0.25, 0.3) is 0 Å². The summed E-state index contributed by atoms with van der Waals surface area (Å²) in [5, 5.41) is 3.65. The number of allylic oxidation sites excluding steroid dienone is 1. The summed E-state index contributed by atoms with van der Waals surface area (Å²) in [7, 11) is 0. The zero-order chi connectivity index (χ0) is 12.8. The molecule has 0 spiro atoms. The molecule has 1 atom stereocenters. The highest BCUT2D eigenvalue weighted by Crippen LogP contribution is 2.16. The minimum absolute atomic E-state index is 0.472. The van der Waals surface area contributed by atoms with Crippen LogP contribution >= 0.6 is 0 Å². The standard InChI is InChI=1S/C16H24N2/c1-14(2)9-12-18-11-6-10-17-16(13-18)15-7-4-3-5-8-15/h3-5,7-9,16-17H,6,10-13H2,1-2H3. The molecule has 1 aromatic carbocycles. The Morgan fingerprint density at radius 3 is 2.83 bits per heavy atom. The zero-order valence-corrected chi connectivity index (χ0v) is 11.5. The molecule has 98 valence electrons. The number of nitrogens with zero attached hydrogens (tertiary/aromatic N) is 1. The van der Waals surface area contributed by atoms with Gasteiger partial charge in [0.15, 0.2) is 0 Å². The molecule has 0 saturated carbocycles. The van der Waals surface area contributed by atoms with Gasteiger partial charge in [0.1, 0.15) is 0 Å². The van der Waals surface area contributed by atoms with E-state index in [1.165, 1.54) is 24.1 Å². The summed E-state index contributed by atoms with van der Waals surface area (Å²) in [4.78, 5) is 2.55. The predicted octanol–water partition coefficient (Wildman–Crippen LogP) is 2.99. The first-order valence-corrected chi connectivity index (χ1v) is 6.90. The lowest BCUT2D eigenvalue weighted by Gasteiger charge is -2.23. The number of nitrogens with one attached hydrogen (secondary N) is 1. The van der Waals surface area contributed by atoms with Crippen molar-refractivity contribution in [2.24, 2.45) is 0 Å². The monoisotopic (exact) mass is 244 g/mol. The molecule has 0 aliphatic carbocycles. The van der Waals surface area contributed by atoms with Gasteiger partial charge in [-0.2, -0.15) is 0 Å². The van der Waals surface area contributed by atoms with Gasteiger partial charge in [-0.25, -0.2) is 0 Å².